The molecule has 0 unspecified atom stereocenters. The third-order valence-corrected chi connectivity index (χ3v) is 6.22. The summed E-state index contributed by atoms with van der Waals surface area (Å²) >= 11 is 1.92. The summed E-state index contributed by atoms with van der Waals surface area (Å²) in [5, 5.41) is 0.433. The molecule has 0 bridgehead atoms. The van der Waals surface area contributed by atoms with Crippen LogP contribution >= 0.6 is 11.8 Å². The van der Waals surface area contributed by atoms with E-state index in [1.54, 1.807) is 18.3 Å². The Balaban J connectivity index is 1.45. The highest BCUT2D eigenvalue weighted by Gasteiger charge is 2.23. The standard InChI is InChI=1S/C22H21FN2OS/c23-19-8-6-16(7-9-19)18-14-20(24-15-18)22(26)25-11-10-21(27-13-12-25)17-4-2-1-3-5-17/h1-9,14-15,21,24H,10-13H2/t21-/m0/s1. The maximum absolute atomic E-state index is 13.1. The van der Waals surface area contributed by atoms with Gasteiger partial charge >= 0.3 is 0 Å². The first-order valence-electron chi connectivity index (χ1n) is 9.11. The van der Waals surface area contributed by atoms with Crippen LogP contribution in [0.3, 0.4) is 0 Å². The molecule has 1 fully saturated rings. The van der Waals surface area contributed by atoms with Gasteiger partial charge in [0.1, 0.15) is 11.5 Å². The third kappa shape index (κ3) is 4.08. The lowest BCUT2D eigenvalue weighted by atomic mass is 10.1. The fourth-order valence-electron chi connectivity index (χ4n) is 3.40. The van der Waals surface area contributed by atoms with E-state index in [2.05, 4.69) is 29.2 Å². The van der Waals surface area contributed by atoms with Crippen molar-refractivity contribution >= 4 is 17.7 Å². The van der Waals surface area contributed by atoms with Gasteiger partial charge in [-0.15, -0.1) is 0 Å². The number of aromatic nitrogens is 1. The highest BCUT2D eigenvalue weighted by Crippen LogP contribution is 2.34. The largest absolute Gasteiger partial charge is 0.357 e. The molecule has 1 saturated heterocycles. The van der Waals surface area contributed by atoms with Crippen molar-refractivity contribution in [2.45, 2.75) is 11.7 Å². The Morgan fingerprint density at radius 3 is 2.59 bits per heavy atom. The first-order chi connectivity index (χ1) is 13.2. The van der Waals surface area contributed by atoms with Gasteiger partial charge in [0.05, 0.1) is 0 Å². The molecule has 4 rings (SSSR count). The summed E-state index contributed by atoms with van der Waals surface area (Å²) in [5.74, 6) is 0.690. The molecule has 1 atom stereocenters. The van der Waals surface area contributed by atoms with Gasteiger partial charge in [0.25, 0.3) is 5.91 Å². The van der Waals surface area contributed by atoms with Gasteiger partial charge in [0.2, 0.25) is 0 Å². The molecular weight excluding hydrogens is 359 g/mol. The molecule has 1 N–H and O–H groups in total. The summed E-state index contributed by atoms with van der Waals surface area (Å²) in [6.45, 7) is 1.49. The lowest BCUT2D eigenvalue weighted by Gasteiger charge is -2.19. The predicted molar refractivity (Wildman–Crippen MR) is 108 cm³/mol. The molecule has 1 aliphatic rings. The molecule has 1 aliphatic heterocycles. The smallest absolute Gasteiger partial charge is 0.270 e. The van der Waals surface area contributed by atoms with Crippen molar-refractivity contribution in [1.29, 1.82) is 0 Å². The quantitative estimate of drug-likeness (QED) is 0.683. The molecule has 3 aromatic rings. The maximum Gasteiger partial charge on any atom is 0.270 e. The molecule has 1 aromatic heterocycles. The molecule has 3 nitrogen and oxygen atoms in total. The van der Waals surface area contributed by atoms with Crippen LogP contribution in [0.5, 0.6) is 0 Å². The number of rotatable bonds is 3. The SMILES string of the molecule is O=C(c1cc(-c2ccc(F)cc2)c[nH]1)N1CCS[C@H](c2ccccc2)CC1. The van der Waals surface area contributed by atoms with Crippen LogP contribution in [0.4, 0.5) is 4.39 Å². The zero-order chi connectivity index (χ0) is 18.6. The van der Waals surface area contributed by atoms with Crippen LogP contribution < -0.4 is 0 Å². The lowest BCUT2D eigenvalue weighted by Crippen LogP contribution is -2.33. The van der Waals surface area contributed by atoms with Crippen molar-refractivity contribution in [2.24, 2.45) is 0 Å². The fourth-order valence-corrected chi connectivity index (χ4v) is 4.64. The summed E-state index contributed by atoms with van der Waals surface area (Å²) in [6.07, 6.45) is 2.76. The third-order valence-electron chi connectivity index (χ3n) is 4.89. The van der Waals surface area contributed by atoms with E-state index in [1.807, 2.05) is 28.8 Å². The molecule has 0 spiro atoms. The lowest BCUT2D eigenvalue weighted by molar-refractivity contribution is 0.0761. The number of nitrogens with one attached hydrogen (secondary N) is 1. The van der Waals surface area contributed by atoms with Gasteiger partial charge in [-0.05, 0) is 41.3 Å². The zero-order valence-corrected chi connectivity index (χ0v) is 15.7. The molecule has 2 aromatic carbocycles. The zero-order valence-electron chi connectivity index (χ0n) is 14.9. The van der Waals surface area contributed by atoms with Crippen LogP contribution in [0.2, 0.25) is 0 Å². The molecule has 138 valence electrons. The highest BCUT2D eigenvalue weighted by atomic mass is 32.2. The van der Waals surface area contributed by atoms with E-state index in [-0.39, 0.29) is 11.7 Å². The Labute approximate surface area is 162 Å². The van der Waals surface area contributed by atoms with Crippen molar-refractivity contribution in [1.82, 2.24) is 9.88 Å². The van der Waals surface area contributed by atoms with E-state index in [1.165, 1.54) is 17.7 Å². The number of hydrogen-bond donors (Lipinski definition) is 1. The first-order valence-corrected chi connectivity index (χ1v) is 10.2. The van der Waals surface area contributed by atoms with E-state index in [4.69, 9.17) is 0 Å². The second-order valence-electron chi connectivity index (χ2n) is 6.66. The van der Waals surface area contributed by atoms with Gasteiger partial charge in [0.15, 0.2) is 0 Å². The minimum atomic E-state index is -0.263. The number of hydrogen-bond acceptors (Lipinski definition) is 2. The molecular formula is C22H21FN2OS. The topological polar surface area (TPSA) is 36.1 Å². The van der Waals surface area contributed by atoms with Crippen LogP contribution in [-0.2, 0) is 0 Å². The first kappa shape index (κ1) is 17.9. The van der Waals surface area contributed by atoms with Gasteiger partial charge < -0.3 is 9.88 Å². The van der Waals surface area contributed by atoms with Crippen molar-refractivity contribution < 1.29 is 9.18 Å². The molecule has 0 radical (unpaired) electrons. The number of aromatic amines is 1. The van der Waals surface area contributed by atoms with Gasteiger partial charge in [0, 0.05) is 30.3 Å². The number of amides is 1. The van der Waals surface area contributed by atoms with Crippen LogP contribution in [0.1, 0.15) is 27.7 Å². The van der Waals surface area contributed by atoms with Gasteiger partial charge in [-0.1, -0.05) is 42.5 Å². The van der Waals surface area contributed by atoms with E-state index in [9.17, 15) is 9.18 Å². The Morgan fingerprint density at radius 1 is 1.04 bits per heavy atom. The second kappa shape index (κ2) is 8.01. The maximum atomic E-state index is 13.1. The molecule has 27 heavy (non-hydrogen) atoms. The number of carbonyl (C=O) groups is 1. The number of H-pyrrole nitrogens is 1. The Morgan fingerprint density at radius 2 is 1.81 bits per heavy atom. The monoisotopic (exact) mass is 380 g/mol. The minimum absolute atomic E-state index is 0.0256. The predicted octanol–water partition coefficient (Wildman–Crippen LogP) is 5.14. The average molecular weight is 380 g/mol. The van der Waals surface area contributed by atoms with Crippen molar-refractivity contribution in [3.05, 3.63) is 83.9 Å². The molecule has 1 amide bonds. The van der Waals surface area contributed by atoms with Gasteiger partial charge in [-0.3, -0.25) is 4.79 Å². The van der Waals surface area contributed by atoms with Crippen molar-refractivity contribution in [3.63, 3.8) is 0 Å². The van der Waals surface area contributed by atoms with Gasteiger partial charge in [-0.2, -0.15) is 11.8 Å². The van der Waals surface area contributed by atoms with E-state index in [0.717, 1.165) is 36.4 Å². The summed E-state index contributed by atoms with van der Waals surface area (Å²) in [6, 6.07) is 18.6. The number of nitrogens with zero attached hydrogens (tertiary/aromatic N) is 1. The van der Waals surface area contributed by atoms with E-state index < -0.39 is 0 Å². The highest BCUT2D eigenvalue weighted by molar-refractivity contribution is 7.99. The molecule has 0 aliphatic carbocycles. The number of carbonyl (C=O) groups excluding carboxylic acids is 1. The van der Waals surface area contributed by atoms with Crippen LogP contribution in [0, 0.1) is 5.82 Å². The van der Waals surface area contributed by atoms with E-state index >= 15 is 0 Å². The Bertz CT molecular complexity index is 908. The Kier molecular flexibility index (Phi) is 5.30. The van der Waals surface area contributed by atoms with Crippen molar-refractivity contribution in [2.75, 3.05) is 18.8 Å². The second-order valence-corrected chi connectivity index (χ2v) is 7.97. The molecule has 0 saturated carbocycles. The van der Waals surface area contributed by atoms with Crippen LogP contribution in [-0.4, -0.2) is 34.6 Å². The Hall–Kier alpha value is -2.53. The molecule has 5 heteroatoms. The summed E-state index contributed by atoms with van der Waals surface area (Å²) in [4.78, 5) is 17.9. The van der Waals surface area contributed by atoms with Crippen molar-refractivity contribution in [3.8, 4) is 11.1 Å². The average Bonchev–Trinajstić information content (AvgIpc) is 3.06. The summed E-state index contributed by atoms with van der Waals surface area (Å²) in [5.41, 5.74) is 3.69. The number of benzene rings is 2. The molecule has 2 heterocycles. The summed E-state index contributed by atoms with van der Waals surface area (Å²) in [7, 11) is 0. The van der Waals surface area contributed by atoms with E-state index in [0.29, 0.717) is 10.9 Å². The minimum Gasteiger partial charge on any atom is -0.357 e. The fraction of sp³-hybridized carbons (Fsp3) is 0.227. The van der Waals surface area contributed by atoms with Crippen LogP contribution in [0.15, 0.2) is 66.9 Å². The normalized spacial score (nSPS) is 17.5. The number of thioether (sulfide) groups is 1. The number of halogens is 1. The van der Waals surface area contributed by atoms with Gasteiger partial charge in [-0.25, -0.2) is 4.39 Å². The summed E-state index contributed by atoms with van der Waals surface area (Å²) < 4.78 is 13.1. The van der Waals surface area contributed by atoms with Crippen LogP contribution in [0.25, 0.3) is 11.1 Å².